The van der Waals surface area contributed by atoms with E-state index in [1.165, 1.54) is 16.8 Å². The third-order valence-electron chi connectivity index (χ3n) is 5.51. The molecular formula is C25H23FN6O2. The number of nitrogen functional groups attached to an aromatic ring is 1. The van der Waals surface area contributed by atoms with Crippen molar-refractivity contribution in [3.05, 3.63) is 76.9 Å². The van der Waals surface area contributed by atoms with Crippen LogP contribution in [0.25, 0.3) is 16.6 Å². The fourth-order valence-corrected chi connectivity index (χ4v) is 3.71. The van der Waals surface area contributed by atoms with Crippen molar-refractivity contribution in [2.24, 2.45) is 0 Å². The molecule has 0 radical (unpaired) electrons. The second-order valence-electron chi connectivity index (χ2n) is 7.75. The van der Waals surface area contributed by atoms with Crippen LogP contribution >= 0.6 is 0 Å². The highest BCUT2D eigenvalue weighted by Gasteiger charge is 2.17. The van der Waals surface area contributed by atoms with Crippen LogP contribution in [0.15, 0.2) is 48.5 Å². The molecule has 1 amide bonds. The Labute approximate surface area is 195 Å². The Balaban J connectivity index is 1.42. The topological polar surface area (TPSA) is 119 Å². The number of hydrogen-bond donors (Lipinski definition) is 2. The van der Waals surface area contributed by atoms with E-state index in [1.807, 2.05) is 24.3 Å². The van der Waals surface area contributed by atoms with Crippen molar-refractivity contribution < 1.29 is 13.9 Å². The fraction of sp³-hybridized carbons (Fsp3) is 0.200. The molecule has 8 nitrogen and oxygen atoms in total. The monoisotopic (exact) mass is 458 g/mol. The van der Waals surface area contributed by atoms with E-state index in [0.29, 0.717) is 47.8 Å². The Morgan fingerprint density at radius 1 is 1.24 bits per heavy atom. The summed E-state index contributed by atoms with van der Waals surface area (Å²) in [6, 6.07) is 15.1. The van der Waals surface area contributed by atoms with Crippen molar-refractivity contribution in [1.82, 2.24) is 20.1 Å². The fourth-order valence-electron chi connectivity index (χ4n) is 3.71. The van der Waals surface area contributed by atoms with Gasteiger partial charge in [-0.15, -0.1) is 0 Å². The zero-order valence-electron chi connectivity index (χ0n) is 18.8. The number of carbonyl (C=O) groups is 1. The van der Waals surface area contributed by atoms with Crippen LogP contribution in [0.4, 0.5) is 10.2 Å². The summed E-state index contributed by atoms with van der Waals surface area (Å²) in [6.07, 6.45) is 0.994. The van der Waals surface area contributed by atoms with Crippen LogP contribution in [0.3, 0.4) is 0 Å². The molecule has 0 aliphatic rings. The average molecular weight is 458 g/mol. The number of fused-ring (bicyclic) bond motifs is 1. The lowest BCUT2D eigenvalue weighted by molar-refractivity contribution is 0.0952. The zero-order chi connectivity index (χ0) is 24.2. The molecule has 0 bridgehead atoms. The summed E-state index contributed by atoms with van der Waals surface area (Å²) in [7, 11) is 1.59. The number of hydrogen-bond acceptors (Lipinski definition) is 6. The standard InChI is InChI=1S/C25H23FN6O2/c1-15-20(12-16-5-10-19(34-2)13-23(16)30-15)25(33)29-11-3-4-22-21(14-27)24(28)32(31-22)18-8-6-17(26)7-9-18/h5-10,12-13H,3-4,11,28H2,1-2H3,(H,29,33). The maximum Gasteiger partial charge on any atom is 0.253 e. The number of halogens is 1. The molecule has 2 heterocycles. The summed E-state index contributed by atoms with van der Waals surface area (Å²) < 4.78 is 19.9. The molecule has 0 fully saturated rings. The average Bonchev–Trinajstić information content (AvgIpc) is 3.16. The number of benzene rings is 2. The molecule has 4 rings (SSSR count). The van der Waals surface area contributed by atoms with E-state index in [0.717, 1.165) is 10.9 Å². The maximum atomic E-state index is 13.2. The number of nitrogens with zero attached hydrogens (tertiary/aromatic N) is 4. The molecule has 9 heteroatoms. The molecule has 34 heavy (non-hydrogen) atoms. The third kappa shape index (κ3) is 4.52. The number of anilines is 1. The van der Waals surface area contributed by atoms with Crippen molar-refractivity contribution in [3.63, 3.8) is 0 Å². The van der Waals surface area contributed by atoms with Crippen molar-refractivity contribution in [1.29, 1.82) is 5.26 Å². The summed E-state index contributed by atoms with van der Waals surface area (Å²) in [5.74, 6) is 0.306. The van der Waals surface area contributed by atoms with Crippen LogP contribution in [0.5, 0.6) is 5.75 Å². The second kappa shape index (κ2) is 9.58. The smallest absolute Gasteiger partial charge is 0.253 e. The highest BCUT2D eigenvalue weighted by Crippen LogP contribution is 2.23. The summed E-state index contributed by atoms with van der Waals surface area (Å²) >= 11 is 0. The van der Waals surface area contributed by atoms with Crippen LogP contribution in [0.1, 0.15) is 33.7 Å². The highest BCUT2D eigenvalue weighted by atomic mass is 19.1. The van der Waals surface area contributed by atoms with Gasteiger partial charge in [-0.05, 0) is 62.2 Å². The molecule has 0 saturated heterocycles. The Morgan fingerprint density at radius 2 is 2.00 bits per heavy atom. The number of carbonyl (C=O) groups excluding carboxylic acids is 1. The number of nitrogens with one attached hydrogen (secondary N) is 1. The molecule has 4 aromatic rings. The summed E-state index contributed by atoms with van der Waals surface area (Å²) in [5.41, 5.74) is 9.34. The molecule has 3 N–H and O–H groups in total. The first-order valence-corrected chi connectivity index (χ1v) is 10.7. The van der Waals surface area contributed by atoms with Gasteiger partial charge in [0.2, 0.25) is 0 Å². The number of amides is 1. The second-order valence-corrected chi connectivity index (χ2v) is 7.75. The molecule has 2 aromatic carbocycles. The number of methoxy groups -OCH3 is 1. The molecule has 172 valence electrons. The van der Waals surface area contributed by atoms with Crippen LogP contribution in [0.2, 0.25) is 0 Å². The molecule has 0 aliphatic heterocycles. The largest absolute Gasteiger partial charge is 0.497 e. The van der Waals surface area contributed by atoms with Crippen LogP contribution in [-0.4, -0.2) is 34.3 Å². The van der Waals surface area contributed by atoms with Crippen LogP contribution in [0, 0.1) is 24.1 Å². The number of pyridine rings is 1. The van der Waals surface area contributed by atoms with E-state index in [-0.39, 0.29) is 23.1 Å². The van der Waals surface area contributed by atoms with E-state index in [4.69, 9.17) is 10.5 Å². The van der Waals surface area contributed by atoms with E-state index in [9.17, 15) is 14.4 Å². The van der Waals surface area contributed by atoms with Crippen molar-refractivity contribution >= 4 is 22.6 Å². The number of nitriles is 1. The van der Waals surface area contributed by atoms with Gasteiger partial charge in [0.25, 0.3) is 5.91 Å². The Bertz CT molecular complexity index is 1410. The van der Waals surface area contributed by atoms with Gasteiger partial charge in [0, 0.05) is 18.0 Å². The minimum Gasteiger partial charge on any atom is -0.497 e. The van der Waals surface area contributed by atoms with Crippen molar-refractivity contribution in [2.75, 3.05) is 19.4 Å². The number of ether oxygens (including phenoxy) is 1. The van der Waals surface area contributed by atoms with Gasteiger partial charge < -0.3 is 15.8 Å². The van der Waals surface area contributed by atoms with E-state index < -0.39 is 0 Å². The first-order valence-electron chi connectivity index (χ1n) is 10.7. The Morgan fingerprint density at radius 3 is 2.71 bits per heavy atom. The normalized spacial score (nSPS) is 10.8. The molecule has 0 unspecified atom stereocenters. The number of aryl methyl sites for hydroxylation is 2. The van der Waals surface area contributed by atoms with Gasteiger partial charge in [0.1, 0.15) is 29.0 Å². The Kier molecular flexibility index (Phi) is 6.41. The predicted octanol–water partition coefficient (Wildman–Crippen LogP) is 3.69. The number of rotatable bonds is 7. The Hall–Kier alpha value is -4.45. The summed E-state index contributed by atoms with van der Waals surface area (Å²) in [6.45, 7) is 2.17. The zero-order valence-corrected chi connectivity index (χ0v) is 18.8. The lowest BCUT2D eigenvalue weighted by atomic mass is 10.1. The van der Waals surface area contributed by atoms with E-state index in [2.05, 4.69) is 21.5 Å². The van der Waals surface area contributed by atoms with Gasteiger partial charge in [-0.1, -0.05) is 0 Å². The summed E-state index contributed by atoms with van der Waals surface area (Å²) in [4.78, 5) is 17.3. The van der Waals surface area contributed by atoms with Crippen LogP contribution in [-0.2, 0) is 6.42 Å². The van der Waals surface area contributed by atoms with Crippen LogP contribution < -0.4 is 15.8 Å². The molecular weight excluding hydrogens is 435 g/mol. The lowest BCUT2D eigenvalue weighted by Gasteiger charge is -2.09. The molecule has 0 aliphatic carbocycles. The first-order chi connectivity index (χ1) is 16.4. The highest BCUT2D eigenvalue weighted by molar-refractivity contribution is 5.98. The minimum absolute atomic E-state index is 0.197. The summed E-state index contributed by atoms with van der Waals surface area (Å²) in [5, 5.41) is 17.7. The number of aromatic nitrogens is 3. The van der Waals surface area contributed by atoms with E-state index in [1.54, 1.807) is 26.2 Å². The molecule has 0 saturated carbocycles. The van der Waals surface area contributed by atoms with Crippen molar-refractivity contribution in [2.45, 2.75) is 19.8 Å². The quantitative estimate of drug-likeness (QED) is 0.408. The molecule has 0 spiro atoms. The van der Waals surface area contributed by atoms with Gasteiger partial charge >= 0.3 is 0 Å². The van der Waals surface area contributed by atoms with Gasteiger partial charge in [0.15, 0.2) is 0 Å². The number of nitrogens with two attached hydrogens (primary N) is 1. The first kappa shape index (κ1) is 22.7. The molecule has 0 atom stereocenters. The molecule has 2 aromatic heterocycles. The van der Waals surface area contributed by atoms with Crippen molar-refractivity contribution in [3.8, 4) is 17.5 Å². The SMILES string of the molecule is COc1ccc2cc(C(=O)NCCCc3nn(-c4ccc(F)cc4)c(N)c3C#N)c(C)nc2c1. The minimum atomic E-state index is -0.373. The van der Waals surface area contributed by atoms with Gasteiger partial charge in [-0.2, -0.15) is 10.4 Å². The lowest BCUT2D eigenvalue weighted by Crippen LogP contribution is -2.26. The van der Waals surface area contributed by atoms with E-state index >= 15 is 0 Å². The third-order valence-corrected chi connectivity index (χ3v) is 5.51. The predicted molar refractivity (Wildman–Crippen MR) is 126 cm³/mol. The van der Waals surface area contributed by atoms with Gasteiger partial charge in [-0.3, -0.25) is 9.78 Å². The van der Waals surface area contributed by atoms with Gasteiger partial charge in [0.05, 0.1) is 35.3 Å². The maximum absolute atomic E-state index is 13.2. The van der Waals surface area contributed by atoms with Gasteiger partial charge in [-0.25, -0.2) is 9.07 Å².